The number of carbonyl (C=O) groups excluding carboxylic acids is 2. The molecule has 2 aliphatic rings. The molecule has 0 atom stereocenters. The van der Waals surface area contributed by atoms with Crippen LogP contribution in [0.25, 0.3) is 0 Å². The highest BCUT2D eigenvalue weighted by Crippen LogP contribution is 2.26. The van der Waals surface area contributed by atoms with Gasteiger partial charge in [-0.2, -0.15) is 0 Å². The van der Waals surface area contributed by atoms with Gasteiger partial charge in [0.1, 0.15) is 5.75 Å². The van der Waals surface area contributed by atoms with Gasteiger partial charge in [0.25, 0.3) is 5.91 Å². The number of hydrogen-bond acceptors (Lipinski definition) is 3. The van der Waals surface area contributed by atoms with Crippen LogP contribution in [-0.2, 0) is 11.2 Å². The molecular weight excluding hydrogens is 280 g/mol. The lowest BCUT2D eigenvalue weighted by Gasteiger charge is -2.23. The standard InChI is InChI=1S/C17H22N2O3/c1-13(20)18-7-3-8-19(10-9-18)17(21)15-5-6-16-14(12-15)4-2-11-22-16/h5-6,12H,2-4,7-11H2,1H3. The van der Waals surface area contributed by atoms with Gasteiger partial charge >= 0.3 is 0 Å². The van der Waals surface area contributed by atoms with Crippen LogP contribution in [0.3, 0.4) is 0 Å². The molecular formula is C17H22N2O3. The van der Waals surface area contributed by atoms with E-state index in [0.717, 1.165) is 49.3 Å². The van der Waals surface area contributed by atoms with Crippen LogP contribution in [0.2, 0.25) is 0 Å². The zero-order valence-corrected chi connectivity index (χ0v) is 13.0. The summed E-state index contributed by atoms with van der Waals surface area (Å²) in [4.78, 5) is 27.8. The first-order valence-electron chi connectivity index (χ1n) is 7.95. The molecule has 0 aromatic heterocycles. The second kappa shape index (κ2) is 6.38. The van der Waals surface area contributed by atoms with Crippen molar-refractivity contribution in [3.8, 4) is 5.75 Å². The molecule has 1 saturated heterocycles. The molecule has 0 unspecified atom stereocenters. The van der Waals surface area contributed by atoms with E-state index in [2.05, 4.69) is 0 Å². The number of rotatable bonds is 1. The minimum absolute atomic E-state index is 0.0544. The van der Waals surface area contributed by atoms with E-state index < -0.39 is 0 Å². The number of ether oxygens (including phenoxy) is 1. The average molecular weight is 302 g/mol. The molecule has 0 bridgehead atoms. The summed E-state index contributed by atoms with van der Waals surface area (Å²) in [6, 6.07) is 5.71. The molecule has 2 aliphatic heterocycles. The lowest BCUT2D eigenvalue weighted by molar-refractivity contribution is -0.128. The number of benzene rings is 1. The van der Waals surface area contributed by atoms with Crippen LogP contribution < -0.4 is 4.74 Å². The van der Waals surface area contributed by atoms with E-state index >= 15 is 0 Å². The second-order valence-electron chi connectivity index (χ2n) is 5.93. The maximum absolute atomic E-state index is 12.7. The molecule has 5 nitrogen and oxygen atoms in total. The molecule has 0 N–H and O–H groups in total. The Balaban J connectivity index is 1.72. The van der Waals surface area contributed by atoms with Crippen molar-refractivity contribution in [2.75, 3.05) is 32.8 Å². The van der Waals surface area contributed by atoms with Crippen molar-refractivity contribution >= 4 is 11.8 Å². The minimum atomic E-state index is 0.0544. The normalized spacial score (nSPS) is 18.2. The number of hydrogen-bond donors (Lipinski definition) is 0. The fourth-order valence-corrected chi connectivity index (χ4v) is 3.11. The molecule has 5 heteroatoms. The van der Waals surface area contributed by atoms with Crippen LogP contribution in [0.1, 0.15) is 35.7 Å². The number of nitrogens with zero attached hydrogens (tertiary/aromatic N) is 2. The summed E-state index contributed by atoms with van der Waals surface area (Å²) < 4.78 is 5.60. The lowest BCUT2D eigenvalue weighted by atomic mass is 10.0. The van der Waals surface area contributed by atoms with Crippen LogP contribution in [-0.4, -0.2) is 54.4 Å². The molecule has 118 valence electrons. The van der Waals surface area contributed by atoms with Crippen molar-refractivity contribution in [1.82, 2.24) is 9.80 Å². The molecule has 0 radical (unpaired) electrons. The van der Waals surface area contributed by atoms with Gasteiger partial charge in [-0.1, -0.05) is 0 Å². The van der Waals surface area contributed by atoms with E-state index in [1.165, 1.54) is 0 Å². The number of amides is 2. The number of carbonyl (C=O) groups is 2. The molecule has 2 amide bonds. The minimum Gasteiger partial charge on any atom is -0.493 e. The molecule has 22 heavy (non-hydrogen) atoms. The van der Waals surface area contributed by atoms with Gasteiger partial charge in [0.15, 0.2) is 0 Å². The summed E-state index contributed by atoms with van der Waals surface area (Å²) in [6.45, 7) is 5.00. The van der Waals surface area contributed by atoms with Crippen molar-refractivity contribution in [2.45, 2.75) is 26.2 Å². The fourth-order valence-electron chi connectivity index (χ4n) is 3.11. The fraction of sp³-hybridized carbons (Fsp3) is 0.529. The van der Waals surface area contributed by atoms with Gasteiger partial charge in [-0.05, 0) is 43.0 Å². The van der Waals surface area contributed by atoms with Gasteiger partial charge in [-0.15, -0.1) is 0 Å². The Kier molecular flexibility index (Phi) is 4.32. The quantitative estimate of drug-likeness (QED) is 0.793. The zero-order chi connectivity index (χ0) is 15.5. The molecule has 1 aromatic carbocycles. The van der Waals surface area contributed by atoms with Gasteiger partial charge in [-0.25, -0.2) is 0 Å². The second-order valence-corrected chi connectivity index (χ2v) is 5.93. The molecule has 0 aliphatic carbocycles. The summed E-state index contributed by atoms with van der Waals surface area (Å²) in [6.07, 6.45) is 2.80. The topological polar surface area (TPSA) is 49.9 Å². The Morgan fingerprint density at radius 1 is 1.05 bits per heavy atom. The predicted molar refractivity (Wildman–Crippen MR) is 83.0 cm³/mol. The largest absolute Gasteiger partial charge is 0.493 e. The Bertz CT molecular complexity index is 585. The van der Waals surface area contributed by atoms with E-state index in [1.54, 1.807) is 6.92 Å². The van der Waals surface area contributed by atoms with Crippen molar-refractivity contribution in [3.63, 3.8) is 0 Å². The van der Waals surface area contributed by atoms with Crippen LogP contribution in [0.4, 0.5) is 0 Å². The summed E-state index contributed by atoms with van der Waals surface area (Å²) >= 11 is 0. The van der Waals surface area contributed by atoms with E-state index in [-0.39, 0.29) is 11.8 Å². The van der Waals surface area contributed by atoms with Crippen LogP contribution in [0.5, 0.6) is 5.75 Å². The molecule has 1 aromatic rings. The Hall–Kier alpha value is -2.04. The SMILES string of the molecule is CC(=O)N1CCCN(C(=O)c2ccc3c(c2)CCCO3)CC1. The van der Waals surface area contributed by atoms with E-state index in [9.17, 15) is 9.59 Å². The molecule has 0 spiro atoms. The predicted octanol–water partition coefficient (Wildman–Crippen LogP) is 1.71. The first-order valence-corrected chi connectivity index (χ1v) is 7.95. The summed E-state index contributed by atoms with van der Waals surface area (Å²) in [7, 11) is 0. The van der Waals surface area contributed by atoms with Crippen molar-refractivity contribution in [1.29, 1.82) is 0 Å². The molecule has 1 fully saturated rings. The van der Waals surface area contributed by atoms with Gasteiger partial charge in [-0.3, -0.25) is 9.59 Å². The van der Waals surface area contributed by atoms with E-state index in [0.29, 0.717) is 19.6 Å². The van der Waals surface area contributed by atoms with Gasteiger partial charge in [0, 0.05) is 38.7 Å². The number of aryl methyl sites for hydroxylation is 1. The van der Waals surface area contributed by atoms with E-state index in [4.69, 9.17) is 4.74 Å². The summed E-state index contributed by atoms with van der Waals surface area (Å²) in [5.74, 6) is 1.04. The summed E-state index contributed by atoms with van der Waals surface area (Å²) in [5.41, 5.74) is 1.85. The Morgan fingerprint density at radius 2 is 1.82 bits per heavy atom. The Labute approximate surface area is 130 Å². The highest BCUT2D eigenvalue weighted by Gasteiger charge is 2.22. The summed E-state index contributed by atoms with van der Waals surface area (Å²) in [5, 5.41) is 0. The van der Waals surface area contributed by atoms with Gasteiger partial charge in [0.2, 0.25) is 5.91 Å². The molecule has 0 saturated carbocycles. The maximum Gasteiger partial charge on any atom is 0.253 e. The van der Waals surface area contributed by atoms with Gasteiger partial charge in [0.05, 0.1) is 6.61 Å². The monoisotopic (exact) mass is 302 g/mol. The average Bonchev–Trinajstić information content (AvgIpc) is 2.80. The van der Waals surface area contributed by atoms with Crippen molar-refractivity contribution in [2.24, 2.45) is 0 Å². The first kappa shape index (κ1) is 14.9. The third-order valence-corrected chi connectivity index (χ3v) is 4.38. The molecule has 3 rings (SSSR count). The van der Waals surface area contributed by atoms with Crippen LogP contribution in [0.15, 0.2) is 18.2 Å². The highest BCUT2D eigenvalue weighted by molar-refractivity contribution is 5.94. The molecule has 2 heterocycles. The van der Waals surface area contributed by atoms with Crippen molar-refractivity contribution in [3.05, 3.63) is 29.3 Å². The maximum atomic E-state index is 12.7. The smallest absolute Gasteiger partial charge is 0.253 e. The third-order valence-electron chi connectivity index (χ3n) is 4.38. The van der Waals surface area contributed by atoms with E-state index in [1.807, 2.05) is 28.0 Å². The number of fused-ring (bicyclic) bond motifs is 1. The Morgan fingerprint density at radius 3 is 2.64 bits per heavy atom. The lowest BCUT2D eigenvalue weighted by Crippen LogP contribution is -2.36. The third kappa shape index (κ3) is 3.08. The zero-order valence-electron chi connectivity index (χ0n) is 13.0. The van der Waals surface area contributed by atoms with Crippen LogP contribution in [0, 0.1) is 0 Å². The highest BCUT2D eigenvalue weighted by atomic mass is 16.5. The van der Waals surface area contributed by atoms with Crippen molar-refractivity contribution < 1.29 is 14.3 Å². The van der Waals surface area contributed by atoms with Gasteiger partial charge < -0.3 is 14.5 Å². The van der Waals surface area contributed by atoms with Crippen LogP contribution >= 0.6 is 0 Å². The first-order chi connectivity index (χ1) is 10.6.